The number of hydrogen-bond acceptors (Lipinski definition) is 0. The smallest absolute Gasteiger partial charge is 1.00 e. The average molecular weight is 346 g/mol. The van der Waals surface area contributed by atoms with Crippen LogP contribution in [0.5, 0.6) is 0 Å². The van der Waals surface area contributed by atoms with Crippen molar-refractivity contribution in [2.45, 2.75) is 12.8 Å². The minimum Gasteiger partial charge on any atom is -1.00 e. The van der Waals surface area contributed by atoms with Gasteiger partial charge in [0.25, 0.3) is 0 Å². The van der Waals surface area contributed by atoms with Crippen LogP contribution in [0, 0.1) is 9.85 Å². The third kappa shape index (κ3) is 10.7. The maximum atomic E-state index is 2.98. The molecular formula is C5H8I2Mg. The summed E-state index contributed by atoms with van der Waals surface area (Å²) in [5.74, 6) is 2.98. The standard InChI is InChI=1S/C5H6I2.Mg.2H/c6-4-2-1-3-5-7;;;/h1-2,4H2;;;/q;+2;2*-1. The first-order chi connectivity index (χ1) is 3.41. The maximum absolute atomic E-state index is 2.98. The van der Waals surface area contributed by atoms with Crippen molar-refractivity contribution in [2.75, 3.05) is 4.43 Å². The molecule has 0 atom stereocenters. The Kier molecular flexibility index (Phi) is 18.0. The van der Waals surface area contributed by atoms with Crippen molar-refractivity contribution >= 4 is 68.2 Å². The molecule has 0 saturated carbocycles. The van der Waals surface area contributed by atoms with Crippen LogP contribution in [-0.4, -0.2) is 27.5 Å². The summed E-state index contributed by atoms with van der Waals surface area (Å²) < 4.78 is 4.04. The van der Waals surface area contributed by atoms with Gasteiger partial charge in [-0.05, 0) is 10.3 Å². The average Bonchev–Trinajstić information content (AvgIpc) is 1.69. The minimum atomic E-state index is 0. The molecule has 0 saturated heterocycles. The maximum Gasteiger partial charge on any atom is 2.00 e. The van der Waals surface area contributed by atoms with Crippen LogP contribution in [0.15, 0.2) is 0 Å². The van der Waals surface area contributed by atoms with Crippen LogP contribution >= 0.6 is 45.2 Å². The molecule has 0 aromatic heterocycles. The van der Waals surface area contributed by atoms with Gasteiger partial charge in [0.05, 0.1) is 0 Å². The van der Waals surface area contributed by atoms with E-state index in [0.29, 0.717) is 0 Å². The Balaban J connectivity index is -0.0000000600. The van der Waals surface area contributed by atoms with Gasteiger partial charge in [-0.15, -0.1) is 0 Å². The zero-order valence-corrected chi connectivity index (χ0v) is 10.3. The van der Waals surface area contributed by atoms with Gasteiger partial charge in [0.1, 0.15) is 0 Å². The minimum absolute atomic E-state index is 0. The van der Waals surface area contributed by atoms with Gasteiger partial charge in [-0.2, -0.15) is 0 Å². The monoisotopic (exact) mass is 346 g/mol. The van der Waals surface area contributed by atoms with E-state index in [-0.39, 0.29) is 25.9 Å². The number of hydrogen-bond donors (Lipinski definition) is 0. The normalized spacial score (nSPS) is 6.25. The van der Waals surface area contributed by atoms with Crippen LogP contribution in [0.3, 0.4) is 0 Å². The second-order valence-electron chi connectivity index (χ2n) is 1.06. The third-order valence-electron chi connectivity index (χ3n) is 0.502. The Labute approximate surface area is 97.0 Å². The predicted molar refractivity (Wildman–Crippen MR) is 57.9 cm³/mol. The van der Waals surface area contributed by atoms with Crippen LogP contribution in [0.25, 0.3) is 0 Å². The molecule has 0 spiro atoms. The van der Waals surface area contributed by atoms with Crippen molar-refractivity contribution in [2.24, 2.45) is 0 Å². The van der Waals surface area contributed by atoms with E-state index in [0.717, 1.165) is 6.42 Å². The van der Waals surface area contributed by atoms with E-state index in [2.05, 4.69) is 55.0 Å². The molecule has 0 heterocycles. The summed E-state index contributed by atoms with van der Waals surface area (Å²) in [6.07, 6.45) is 2.29. The van der Waals surface area contributed by atoms with Crippen molar-refractivity contribution in [3.05, 3.63) is 0 Å². The zero-order chi connectivity index (χ0) is 5.54. The molecule has 0 radical (unpaired) electrons. The predicted octanol–water partition coefficient (Wildman–Crippen LogP) is 2.44. The first-order valence-electron chi connectivity index (χ1n) is 2.06. The fourth-order valence-electron chi connectivity index (χ4n) is 0.202. The van der Waals surface area contributed by atoms with Crippen molar-refractivity contribution in [3.63, 3.8) is 0 Å². The van der Waals surface area contributed by atoms with Crippen LogP contribution in [0.4, 0.5) is 0 Å². The number of halogens is 2. The van der Waals surface area contributed by atoms with Gasteiger partial charge >= 0.3 is 23.1 Å². The van der Waals surface area contributed by atoms with Gasteiger partial charge in [-0.25, -0.2) is 0 Å². The van der Waals surface area contributed by atoms with Crippen molar-refractivity contribution in [1.29, 1.82) is 0 Å². The Hall–Kier alpha value is 1.79. The topological polar surface area (TPSA) is 0 Å². The molecule has 0 aromatic carbocycles. The zero-order valence-electron chi connectivity index (χ0n) is 6.58. The van der Waals surface area contributed by atoms with E-state index in [1.54, 1.807) is 0 Å². The molecule has 44 valence electrons. The van der Waals surface area contributed by atoms with Crippen molar-refractivity contribution < 1.29 is 2.85 Å². The van der Waals surface area contributed by atoms with Crippen molar-refractivity contribution in [1.82, 2.24) is 0 Å². The summed E-state index contributed by atoms with van der Waals surface area (Å²) in [7, 11) is 0. The molecular weight excluding hydrogens is 338 g/mol. The molecule has 0 rings (SSSR count). The number of alkyl halides is 1. The van der Waals surface area contributed by atoms with Crippen LogP contribution in [-0.2, 0) is 0 Å². The molecule has 0 aliphatic rings. The fourth-order valence-corrected chi connectivity index (χ4v) is 0.854. The Morgan fingerprint density at radius 3 is 2.50 bits per heavy atom. The van der Waals surface area contributed by atoms with Gasteiger partial charge < -0.3 is 2.85 Å². The summed E-state index contributed by atoms with van der Waals surface area (Å²) in [5, 5.41) is 0. The molecule has 0 nitrogen and oxygen atoms in total. The largest absolute Gasteiger partial charge is 2.00 e. The Bertz CT molecular complexity index is 89.4. The summed E-state index contributed by atoms with van der Waals surface area (Å²) in [6, 6.07) is 0. The van der Waals surface area contributed by atoms with Crippen LogP contribution in [0.1, 0.15) is 15.7 Å². The van der Waals surface area contributed by atoms with Crippen LogP contribution in [0.2, 0.25) is 0 Å². The van der Waals surface area contributed by atoms with Gasteiger partial charge in [0.2, 0.25) is 0 Å². The molecule has 0 aromatic rings. The van der Waals surface area contributed by atoms with Crippen molar-refractivity contribution in [3.8, 4) is 9.85 Å². The molecule has 0 bridgehead atoms. The Morgan fingerprint density at radius 2 is 2.12 bits per heavy atom. The molecule has 8 heavy (non-hydrogen) atoms. The molecule has 0 amide bonds. The fraction of sp³-hybridized carbons (Fsp3) is 0.600. The Morgan fingerprint density at radius 1 is 1.50 bits per heavy atom. The van der Waals surface area contributed by atoms with E-state index in [9.17, 15) is 0 Å². The summed E-state index contributed by atoms with van der Waals surface area (Å²) in [5.41, 5.74) is 0. The third-order valence-corrected chi connectivity index (χ3v) is 1.65. The first-order valence-corrected chi connectivity index (χ1v) is 4.66. The van der Waals surface area contributed by atoms with Gasteiger partial charge in [-0.1, -0.05) is 28.5 Å². The quantitative estimate of drug-likeness (QED) is 0.237. The summed E-state index contributed by atoms with van der Waals surface area (Å²) in [6.45, 7) is 0. The van der Waals surface area contributed by atoms with Gasteiger partial charge in [0.15, 0.2) is 0 Å². The first kappa shape index (κ1) is 12.5. The van der Waals surface area contributed by atoms with E-state index in [1.807, 2.05) is 0 Å². The SMILES string of the molecule is IC#CCCCI.[H-].[H-].[Mg+2]. The van der Waals surface area contributed by atoms with E-state index < -0.39 is 0 Å². The van der Waals surface area contributed by atoms with E-state index in [4.69, 9.17) is 0 Å². The summed E-state index contributed by atoms with van der Waals surface area (Å²) >= 11 is 4.42. The molecule has 0 fully saturated rings. The van der Waals surface area contributed by atoms with Gasteiger partial charge in [-0.3, -0.25) is 0 Å². The van der Waals surface area contributed by atoms with Gasteiger partial charge in [0, 0.05) is 33.4 Å². The molecule has 0 N–H and O–H groups in total. The number of rotatable bonds is 2. The number of unbranched alkanes of at least 4 members (excludes halogenated alkanes) is 1. The molecule has 0 aliphatic carbocycles. The molecule has 0 aliphatic heterocycles. The van der Waals surface area contributed by atoms with E-state index >= 15 is 0 Å². The van der Waals surface area contributed by atoms with E-state index in [1.165, 1.54) is 10.8 Å². The van der Waals surface area contributed by atoms with Crippen LogP contribution < -0.4 is 0 Å². The second kappa shape index (κ2) is 11.6. The molecule has 0 unspecified atom stereocenters. The second-order valence-corrected chi connectivity index (χ2v) is 2.68. The molecule has 3 heteroatoms. The summed E-state index contributed by atoms with van der Waals surface area (Å²) in [4.78, 5) is 0.